The third-order valence-corrected chi connectivity index (χ3v) is 5.42. The molecule has 0 aliphatic heterocycles. The Morgan fingerprint density at radius 3 is 2.54 bits per heavy atom. The van der Waals surface area contributed by atoms with E-state index in [-0.39, 0.29) is 29.3 Å². The highest BCUT2D eigenvalue weighted by atomic mass is 32.1. The Hall–Kier alpha value is -2.94. The Balaban J connectivity index is 2.26. The number of carbonyl (C=O) groups excluding carboxylic acids is 2. The van der Waals surface area contributed by atoms with E-state index in [0.29, 0.717) is 10.6 Å². The van der Waals surface area contributed by atoms with E-state index in [1.54, 1.807) is 26.0 Å². The monoisotopic (exact) mass is 405 g/mol. The molecular weight excluding hydrogens is 382 g/mol. The van der Waals surface area contributed by atoms with Crippen molar-refractivity contribution in [1.29, 1.82) is 0 Å². The zero-order valence-electron chi connectivity index (χ0n) is 16.1. The third-order valence-electron chi connectivity index (χ3n) is 4.07. The molecule has 0 radical (unpaired) electrons. The van der Waals surface area contributed by atoms with Crippen LogP contribution in [-0.2, 0) is 4.79 Å². The van der Waals surface area contributed by atoms with Crippen LogP contribution in [0.1, 0.15) is 53.9 Å². The number of hydrogen-bond acceptors (Lipinski definition) is 6. The number of carbonyl (C=O) groups is 2. The van der Waals surface area contributed by atoms with Gasteiger partial charge < -0.3 is 15.8 Å². The van der Waals surface area contributed by atoms with E-state index < -0.39 is 22.8 Å². The fourth-order valence-electron chi connectivity index (χ4n) is 2.51. The van der Waals surface area contributed by atoms with Crippen LogP contribution in [0, 0.1) is 17.0 Å². The molecular formula is C19H23N3O5S. The fraction of sp³-hybridized carbons (Fsp3) is 0.368. The molecule has 0 spiro atoms. The van der Waals surface area contributed by atoms with Crippen LogP contribution in [0.15, 0.2) is 24.3 Å². The number of primary amides is 1. The molecule has 1 aromatic carbocycles. The average Bonchev–Trinajstić information content (AvgIpc) is 3.04. The molecule has 0 aliphatic rings. The molecule has 0 fully saturated rings. The first-order valence-corrected chi connectivity index (χ1v) is 9.61. The van der Waals surface area contributed by atoms with E-state index >= 15 is 0 Å². The number of thiophene rings is 1. The van der Waals surface area contributed by atoms with E-state index in [1.165, 1.54) is 23.5 Å². The van der Waals surface area contributed by atoms with Gasteiger partial charge in [-0.25, -0.2) is 0 Å². The number of amides is 2. The second-order valence-corrected chi connectivity index (χ2v) is 7.73. The zero-order valence-corrected chi connectivity index (χ0v) is 17.0. The van der Waals surface area contributed by atoms with Gasteiger partial charge in [0.2, 0.25) is 0 Å². The predicted molar refractivity (Wildman–Crippen MR) is 108 cm³/mol. The van der Waals surface area contributed by atoms with E-state index in [9.17, 15) is 19.7 Å². The van der Waals surface area contributed by atoms with Crippen LogP contribution in [0.25, 0.3) is 0 Å². The topological polar surface area (TPSA) is 125 Å². The Morgan fingerprint density at radius 1 is 1.32 bits per heavy atom. The summed E-state index contributed by atoms with van der Waals surface area (Å²) in [6.07, 6.45) is -0.683. The zero-order chi connectivity index (χ0) is 21.0. The highest BCUT2D eigenvalue weighted by Gasteiger charge is 2.26. The number of nitrogens with one attached hydrogen (secondary N) is 1. The van der Waals surface area contributed by atoms with Crippen molar-refractivity contribution in [1.82, 2.24) is 0 Å². The van der Waals surface area contributed by atoms with Gasteiger partial charge in [0.25, 0.3) is 11.8 Å². The summed E-state index contributed by atoms with van der Waals surface area (Å²) in [5.74, 6) is -0.956. The highest BCUT2D eigenvalue weighted by molar-refractivity contribution is 7.16. The van der Waals surface area contributed by atoms with E-state index in [1.807, 2.05) is 13.8 Å². The molecule has 3 N–H and O–H groups in total. The summed E-state index contributed by atoms with van der Waals surface area (Å²) < 4.78 is 5.63. The molecule has 1 atom stereocenters. The second kappa shape index (κ2) is 8.83. The number of aryl methyl sites for hydroxylation is 1. The largest absolute Gasteiger partial charge is 0.473 e. The Morgan fingerprint density at radius 2 is 2.00 bits per heavy atom. The van der Waals surface area contributed by atoms with E-state index in [0.717, 1.165) is 4.88 Å². The Kier molecular flexibility index (Phi) is 6.74. The smallest absolute Gasteiger partial charge is 0.311 e. The van der Waals surface area contributed by atoms with Crippen LogP contribution in [0.3, 0.4) is 0 Å². The second-order valence-electron chi connectivity index (χ2n) is 6.64. The quantitative estimate of drug-likeness (QED) is 0.507. The number of ether oxygens (including phenoxy) is 1. The minimum Gasteiger partial charge on any atom is -0.473 e. The normalized spacial score (nSPS) is 11.9. The maximum Gasteiger partial charge on any atom is 0.311 e. The van der Waals surface area contributed by atoms with Crippen LogP contribution >= 0.6 is 11.3 Å². The summed E-state index contributed by atoms with van der Waals surface area (Å²) in [6, 6.07) is 6.20. The maximum absolute atomic E-state index is 12.7. The van der Waals surface area contributed by atoms with Gasteiger partial charge in [-0.2, -0.15) is 0 Å². The van der Waals surface area contributed by atoms with Crippen molar-refractivity contribution in [2.45, 2.75) is 46.1 Å². The fourth-order valence-corrected chi connectivity index (χ4v) is 3.58. The number of benzene rings is 1. The maximum atomic E-state index is 12.7. The average molecular weight is 405 g/mol. The number of nitrogens with zero attached hydrogens (tertiary/aromatic N) is 1. The number of nitrogens with two attached hydrogens (primary N) is 1. The van der Waals surface area contributed by atoms with Gasteiger partial charge in [-0.05, 0) is 37.0 Å². The van der Waals surface area contributed by atoms with E-state index in [2.05, 4.69) is 5.32 Å². The van der Waals surface area contributed by atoms with Crippen LogP contribution < -0.4 is 15.8 Å². The summed E-state index contributed by atoms with van der Waals surface area (Å²) >= 11 is 1.27. The summed E-state index contributed by atoms with van der Waals surface area (Å²) in [6.45, 7) is 7.40. The molecule has 2 rings (SSSR count). The molecule has 1 aromatic heterocycles. The lowest BCUT2D eigenvalue weighted by Crippen LogP contribution is -2.33. The molecule has 0 aliphatic carbocycles. The molecule has 28 heavy (non-hydrogen) atoms. The molecule has 150 valence electrons. The van der Waals surface area contributed by atoms with Gasteiger partial charge in [0, 0.05) is 10.9 Å². The summed E-state index contributed by atoms with van der Waals surface area (Å²) in [7, 11) is 0. The van der Waals surface area contributed by atoms with Gasteiger partial charge >= 0.3 is 5.69 Å². The van der Waals surface area contributed by atoms with Crippen molar-refractivity contribution < 1.29 is 19.2 Å². The van der Waals surface area contributed by atoms with Crippen molar-refractivity contribution in [3.63, 3.8) is 0 Å². The van der Waals surface area contributed by atoms with Crippen LogP contribution in [0.4, 0.5) is 10.7 Å². The highest BCUT2D eigenvalue weighted by Crippen LogP contribution is 2.33. The molecule has 2 aromatic rings. The lowest BCUT2D eigenvalue weighted by molar-refractivity contribution is -0.386. The minimum absolute atomic E-state index is 0.0155. The van der Waals surface area contributed by atoms with Crippen molar-refractivity contribution >= 4 is 33.8 Å². The lowest BCUT2D eigenvalue weighted by Gasteiger charge is -2.17. The van der Waals surface area contributed by atoms with E-state index in [4.69, 9.17) is 10.5 Å². The summed E-state index contributed by atoms with van der Waals surface area (Å²) in [5, 5.41) is 14.3. The first-order chi connectivity index (χ1) is 13.1. The van der Waals surface area contributed by atoms with Gasteiger partial charge in [0.05, 0.1) is 10.5 Å². The van der Waals surface area contributed by atoms with Crippen molar-refractivity contribution in [2.75, 3.05) is 5.32 Å². The van der Waals surface area contributed by atoms with Crippen LogP contribution in [0.5, 0.6) is 5.75 Å². The number of anilines is 1. The van der Waals surface area contributed by atoms with Crippen LogP contribution in [0.2, 0.25) is 0 Å². The molecule has 9 heteroatoms. The Bertz CT molecular complexity index is 907. The van der Waals surface area contributed by atoms with Crippen molar-refractivity contribution in [3.05, 3.63) is 50.4 Å². The van der Waals surface area contributed by atoms with Crippen LogP contribution in [-0.4, -0.2) is 22.8 Å². The number of hydrogen-bond donors (Lipinski definition) is 2. The van der Waals surface area contributed by atoms with Crippen molar-refractivity contribution in [3.8, 4) is 5.75 Å². The SMILES string of the molecule is CC[C@@H](Oc1ccc(C)cc1[N+](=O)[O-])C(=O)Nc1sc(C(C)C)cc1C(N)=O. The predicted octanol–water partition coefficient (Wildman–Crippen LogP) is 3.98. The number of rotatable bonds is 8. The summed E-state index contributed by atoms with van der Waals surface area (Å²) in [5.41, 5.74) is 6.15. The Labute approximate surface area is 166 Å². The van der Waals surface area contributed by atoms with Gasteiger partial charge in [-0.15, -0.1) is 11.3 Å². The van der Waals surface area contributed by atoms with Gasteiger partial charge in [-0.3, -0.25) is 19.7 Å². The third kappa shape index (κ3) is 4.86. The van der Waals surface area contributed by atoms with Gasteiger partial charge in [-0.1, -0.05) is 26.8 Å². The van der Waals surface area contributed by atoms with Gasteiger partial charge in [0.1, 0.15) is 5.00 Å². The molecule has 0 saturated carbocycles. The summed E-state index contributed by atoms with van der Waals surface area (Å²) in [4.78, 5) is 36.0. The first kappa shape index (κ1) is 21.4. The standard InChI is InChI=1S/C19H23N3O5S/c1-5-14(27-15-7-6-11(4)8-13(15)22(25)26)18(24)21-19-12(17(20)23)9-16(28-19)10(2)3/h6-10,14H,5H2,1-4H3,(H2,20,23)(H,21,24)/t14-/m1/s1. The number of nitro groups is 1. The molecule has 0 bridgehead atoms. The molecule has 2 amide bonds. The minimum atomic E-state index is -0.966. The molecule has 0 saturated heterocycles. The molecule has 8 nitrogen and oxygen atoms in total. The lowest BCUT2D eigenvalue weighted by atomic mass is 10.1. The van der Waals surface area contributed by atoms with Crippen molar-refractivity contribution in [2.24, 2.45) is 5.73 Å². The first-order valence-electron chi connectivity index (χ1n) is 8.80. The molecule has 1 heterocycles. The van der Waals surface area contributed by atoms with Gasteiger partial charge in [0.15, 0.2) is 11.9 Å². The number of nitro benzene ring substituents is 1. The molecule has 0 unspecified atom stereocenters.